The molecule has 1 aromatic carbocycles. The minimum Gasteiger partial charge on any atom is -0.497 e. The van der Waals surface area contributed by atoms with Crippen LogP contribution < -0.4 is 10.1 Å². The van der Waals surface area contributed by atoms with Gasteiger partial charge in [-0.3, -0.25) is 4.79 Å². The van der Waals surface area contributed by atoms with E-state index in [4.69, 9.17) is 9.47 Å². The molecule has 0 aliphatic carbocycles. The van der Waals surface area contributed by atoms with Gasteiger partial charge in [0, 0.05) is 13.3 Å². The van der Waals surface area contributed by atoms with Crippen LogP contribution in [-0.2, 0) is 9.53 Å². The van der Waals surface area contributed by atoms with Crippen molar-refractivity contribution in [1.29, 1.82) is 0 Å². The van der Waals surface area contributed by atoms with Gasteiger partial charge in [-0.25, -0.2) is 0 Å². The Hall–Kier alpha value is -1.75. The normalized spacial score (nSPS) is 32.7. The summed E-state index contributed by atoms with van der Waals surface area (Å²) in [6.07, 6.45) is -7.76. The molecule has 1 aromatic rings. The topological polar surface area (TPSA) is 149 Å². The number of carbonyl (C=O) groups excluding carboxylic acids is 1. The highest BCUT2D eigenvalue weighted by Crippen LogP contribution is 2.36. The quantitative estimate of drug-likeness (QED) is 0.351. The number of benzene rings is 1. The number of nitrogens with one attached hydrogen (secondary N) is 1. The van der Waals surface area contributed by atoms with Gasteiger partial charge in [0.1, 0.15) is 29.6 Å². The molecule has 1 heterocycles. The molecule has 9 heteroatoms. The predicted molar refractivity (Wildman–Crippen MR) is 89.1 cm³/mol. The van der Waals surface area contributed by atoms with E-state index in [0.717, 1.165) is 0 Å². The van der Waals surface area contributed by atoms with Gasteiger partial charge in [0.15, 0.2) is 6.29 Å². The fourth-order valence-corrected chi connectivity index (χ4v) is 3.17. The van der Waals surface area contributed by atoms with Crippen LogP contribution in [0, 0.1) is 0 Å². The molecule has 146 valence electrons. The van der Waals surface area contributed by atoms with Crippen molar-refractivity contribution < 1.29 is 39.8 Å². The van der Waals surface area contributed by atoms with Crippen LogP contribution in [-0.4, -0.2) is 75.3 Å². The number of carbonyl (C=O) groups is 1. The largest absolute Gasteiger partial charge is 0.497 e. The van der Waals surface area contributed by atoms with E-state index in [2.05, 4.69) is 5.32 Å². The van der Waals surface area contributed by atoms with Crippen LogP contribution in [0.4, 0.5) is 0 Å². The zero-order valence-electron chi connectivity index (χ0n) is 14.6. The average molecular weight is 371 g/mol. The van der Waals surface area contributed by atoms with Crippen molar-refractivity contribution in [2.24, 2.45) is 0 Å². The molecule has 1 saturated heterocycles. The van der Waals surface area contributed by atoms with Crippen molar-refractivity contribution >= 4 is 5.91 Å². The molecule has 9 nitrogen and oxygen atoms in total. The Kier molecular flexibility index (Phi) is 6.56. The standard InChI is InChI=1S/C17H25NO8/c1-9(20)18-17(15(23)14(22)13(8-19)26-16(17)24)7-12(21)10-3-5-11(25-2)6-4-10/h3-6,12-16,19,21-24H,7-8H2,1-2H3,(H,18,20)/t12?,13-,14-,15+,16-,17-/m1/s1. The fourth-order valence-electron chi connectivity index (χ4n) is 3.17. The molecule has 1 unspecified atom stereocenters. The van der Waals surface area contributed by atoms with Crippen molar-refractivity contribution in [2.45, 2.75) is 49.6 Å². The van der Waals surface area contributed by atoms with Gasteiger partial charge in [-0.2, -0.15) is 0 Å². The lowest BCUT2D eigenvalue weighted by molar-refractivity contribution is -0.288. The average Bonchev–Trinajstić information content (AvgIpc) is 2.62. The fraction of sp³-hybridized carbons (Fsp3) is 0.588. The lowest BCUT2D eigenvalue weighted by Gasteiger charge is -2.50. The van der Waals surface area contributed by atoms with E-state index < -0.39 is 48.8 Å². The van der Waals surface area contributed by atoms with Gasteiger partial charge in [0.2, 0.25) is 5.91 Å². The number of aliphatic hydroxyl groups is 5. The molecule has 1 aliphatic heterocycles. The maximum atomic E-state index is 11.6. The van der Waals surface area contributed by atoms with E-state index in [0.29, 0.717) is 11.3 Å². The highest BCUT2D eigenvalue weighted by atomic mass is 16.6. The summed E-state index contributed by atoms with van der Waals surface area (Å²) in [6, 6.07) is 6.45. The Morgan fingerprint density at radius 3 is 2.42 bits per heavy atom. The van der Waals surface area contributed by atoms with E-state index in [9.17, 15) is 30.3 Å². The van der Waals surface area contributed by atoms with Crippen molar-refractivity contribution in [2.75, 3.05) is 13.7 Å². The number of rotatable bonds is 6. The molecule has 0 saturated carbocycles. The minimum absolute atomic E-state index is 0.337. The molecule has 0 spiro atoms. The first-order valence-corrected chi connectivity index (χ1v) is 8.16. The van der Waals surface area contributed by atoms with Gasteiger partial charge in [-0.05, 0) is 17.7 Å². The van der Waals surface area contributed by atoms with Crippen molar-refractivity contribution in [3.63, 3.8) is 0 Å². The first-order chi connectivity index (χ1) is 12.2. The van der Waals surface area contributed by atoms with E-state index in [-0.39, 0.29) is 6.42 Å². The number of aliphatic hydroxyl groups excluding tert-OH is 5. The van der Waals surface area contributed by atoms with Gasteiger partial charge >= 0.3 is 0 Å². The second kappa shape index (κ2) is 8.30. The molecule has 2 rings (SSSR count). The summed E-state index contributed by atoms with van der Waals surface area (Å²) in [4.78, 5) is 11.6. The van der Waals surface area contributed by atoms with Crippen molar-refractivity contribution in [1.82, 2.24) is 5.32 Å². The van der Waals surface area contributed by atoms with E-state index in [1.165, 1.54) is 14.0 Å². The maximum Gasteiger partial charge on any atom is 0.217 e. The molecule has 0 radical (unpaired) electrons. The first kappa shape index (κ1) is 20.6. The van der Waals surface area contributed by atoms with Crippen LogP contribution >= 0.6 is 0 Å². The molecule has 1 aliphatic rings. The lowest BCUT2D eigenvalue weighted by atomic mass is 9.78. The number of methoxy groups -OCH3 is 1. The second-order valence-electron chi connectivity index (χ2n) is 6.36. The summed E-state index contributed by atoms with van der Waals surface area (Å²) in [5, 5.41) is 53.2. The second-order valence-corrected chi connectivity index (χ2v) is 6.36. The summed E-state index contributed by atoms with van der Waals surface area (Å²) in [5.74, 6) is -0.0110. The Morgan fingerprint density at radius 2 is 1.92 bits per heavy atom. The van der Waals surface area contributed by atoms with Gasteiger partial charge < -0.3 is 40.3 Å². The van der Waals surface area contributed by atoms with Crippen LogP contribution in [0.15, 0.2) is 24.3 Å². The Balaban J connectivity index is 2.31. The van der Waals surface area contributed by atoms with Crippen molar-refractivity contribution in [3.8, 4) is 5.75 Å². The maximum absolute atomic E-state index is 11.6. The molecule has 6 atom stereocenters. The lowest BCUT2D eigenvalue weighted by Crippen LogP contribution is -2.73. The molecular formula is C17H25NO8. The molecule has 0 bridgehead atoms. The summed E-state index contributed by atoms with van der Waals surface area (Å²) < 4.78 is 10.2. The van der Waals surface area contributed by atoms with Gasteiger partial charge in [0.05, 0.1) is 19.8 Å². The number of amides is 1. The molecule has 26 heavy (non-hydrogen) atoms. The summed E-state index contributed by atoms with van der Waals surface area (Å²) in [6.45, 7) is 0.540. The van der Waals surface area contributed by atoms with E-state index in [1.54, 1.807) is 24.3 Å². The third-order valence-electron chi connectivity index (χ3n) is 4.60. The summed E-state index contributed by atoms with van der Waals surface area (Å²) >= 11 is 0. The number of hydrogen-bond donors (Lipinski definition) is 6. The van der Waals surface area contributed by atoms with Crippen LogP contribution in [0.25, 0.3) is 0 Å². The monoisotopic (exact) mass is 371 g/mol. The molecule has 0 aromatic heterocycles. The molecule has 1 fully saturated rings. The van der Waals surface area contributed by atoms with Crippen LogP contribution in [0.1, 0.15) is 25.0 Å². The zero-order chi connectivity index (χ0) is 19.5. The predicted octanol–water partition coefficient (Wildman–Crippen LogP) is -1.58. The first-order valence-electron chi connectivity index (χ1n) is 8.16. The van der Waals surface area contributed by atoms with Gasteiger partial charge in [0.25, 0.3) is 0 Å². The third-order valence-corrected chi connectivity index (χ3v) is 4.60. The highest BCUT2D eigenvalue weighted by Gasteiger charge is 2.56. The highest BCUT2D eigenvalue weighted by molar-refractivity contribution is 5.74. The molecule has 1 amide bonds. The van der Waals surface area contributed by atoms with E-state index in [1.807, 2.05) is 0 Å². The molecule has 6 N–H and O–H groups in total. The molecular weight excluding hydrogens is 346 g/mol. The summed E-state index contributed by atoms with van der Waals surface area (Å²) in [7, 11) is 1.50. The Bertz CT molecular complexity index is 609. The SMILES string of the molecule is COc1ccc(C(O)C[C@]2(NC(C)=O)[C@H](O)O[C@H](CO)[C@@H](O)[C@@H]2O)cc1. The van der Waals surface area contributed by atoms with E-state index >= 15 is 0 Å². The number of hydrogen-bond acceptors (Lipinski definition) is 8. The van der Waals surface area contributed by atoms with Crippen molar-refractivity contribution in [3.05, 3.63) is 29.8 Å². The smallest absolute Gasteiger partial charge is 0.217 e. The van der Waals surface area contributed by atoms with Crippen LogP contribution in [0.2, 0.25) is 0 Å². The minimum atomic E-state index is -1.86. The van der Waals surface area contributed by atoms with Gasteiger partial charge in [-0.15, -0.1) is 0 Å². The Morgan fingerprint density at radius 1 is 1.31 bits per heavy atom. The number of ether oxygens (including phenoxy) is 2. The van der Waals surface area contributed by atoms with Crippen LogP contribution in [0.5, 0.6) is 5.75 Å². The van der Waals surface area contributed by atoms with Gasteiger partial charge in [-0.1, -0.05) is 12.1 Å². The third kappa shape index (κ3) is 3.98. The van der Waals surface area contributed by atoms with Crippen LogP contribution in [0.3, 0.4) is 0 Å². The Labute approximate surface area is 150 Å². The summed E-state index contributed by atoms with van der Waals surface area (Å²) in [5.41, 5.74) is -1.41. The zero-order valence-corrected chi connectivity index (χ0v) is 14.6.